The topological polar surface area (TPSA) is 102 Å². The highest BCUT2D eigenvalue weighted by Crippen LogP contribution is 2.30. The van der Waals surface area contributed by atoms with Crippen molar-refractivity contribution in [2.45, 2.75) is 38.5 Å². The van der Waals surface area contributed by atoms with Gasteiger partial charge in [0.1, 0.15) is 9.88 Å². The van der Waals surface area contributed by atoms with E-state index in [9.17, 15) is 17.2 Å². The molecule has 0 aliphatic rings. The first kappa shape index (κ1) is 20.3. The molecule has 0 saturated carbocycles. The molecule has 0 aliphatic heterocycles. The highest BCUT2D eigenvalue weighted by Gasteiger charge is 2.29. The van der Waals surface area contributed by atoms with Crippen LogP contribution in [0.5, 0.6) is 0 Å². The zero-order chi connectivity index (χ0) is 20.3. The number of rotatable bonds is 8. The second-order valence-corrected chi connectivity index (χ2v) is 9.24. The van der Waals surface area contributed by atoms with E-state index in [2.05, 4.69) is 20.2 Å². The van der Waals surface area contributed by atoms with Crippen LogP contribution in [-0.2, 0) is 16.6 Å². The van der Waals surface area contributed by atoms with Gasteiger partial charge in [0, 0.05) is 6.20 Å². The van der Waals surface area contributed by atoms with E-state index in [1.54, 1.807) is 32.2 Å². The smallest absolute Gasteiger partial charge is 0.314 e. The molecule has 0 N–H and O–H groups in total. The van der Waals surface area contributed by atoms with Gasteiger partial charge in [-0.3, -0.25) is 9.29 Å². The monoisotopic (exact) mass is 429 g/mol. The van der Waals surface area contributed by atoms with E-state index in [0.29, 0.717) is 22.0 Å². The lowest BCUT2D eigenvalue weighted by Crippen LogP contribution is -2.37. The van der Waals surface area contributed by atoms with E-state index < -0.39 is 27.6 Å². The summed E-state index contributed by atoms with van der Waals surface area (Å²) in [6.07, 6.45) is 1.98. The maximum atomic E-state index is 13.0. The lowest BCUT2D eigenvalue weighted by molar-refractivity contribution is 0.116. The van der Waals surface area contributed by atoms with Gasteiger partial charge in [-0.1, -0.05) is 6.92 Å². The predicted octanol–water partition coefficient (Wildman–Crippen LogP) is 3.66. The molecule has 3 aromatic rings. The van der Waals surface area contributed by atoms with Crippen molar-refractivity contribution in [2.24, 2.45) is 0 Å². The highest BCUT2D eigenvalue weighted by molar-refractivity contribution is 7.93. The summed E-state index contributed by atoms with van der Waals surface area (Å²) < 4.78 is 57.3. The molecule has 3 rings (SSSR count). The van der Waals surface area contributed by atoms with Crippen LogP contribution < -0.4 is 4.31 Å². The van der Waals surface area contributed by atoms with Crippen molar-refractivity contribution in [1.82, 2.24) is 20.2 Å². The minimum atomic E-state index is -3.66. The van der Waals surface area contributed by atoms with Gasteiger partial charge in [-0.15, -0.1) is 21.5 Å². The van der Waals surface area contributed by atoms with Crippen LogP contribution >= 0.6 is 11.3 Å². The molecule has 3 aromatic heterocycles. The van der Waals surface area contributed by atoms with Gasteiger partial charge < -0.3 is 4.42 Å². The van der Waals surface area contributed by atoms with E-state index in [-0.39, 0.29) is 12.4 Å². The summed E-state index contributed by atoms with van der Waals surface area (Å²) in [4.78, 5) is 8.55. The normalized spacial score (nSPS) is 13.0. The molecule has 0 spiro atoms. The minimum Gasteiger partial charge on any atom is -0.414 e. The first-order valence-corrected chi connectivity index (χ1v) is 10.6. The summed E-state index contributed by atoms with van der Waals surface area (Å²) in [6, 6.07) is 3.29. The van der Waals surface area contributed by atoms with Crippen molar-refractivity contribution in [1.29, 1.82) is 0 Å². The molecular formula is C16H17F2N5O3S2. The van der Waals surface area contributed by atoms with Crippen molar-refractivity contribution in [2.75, 3.05) is 4.31 Å². The second kappa shape index (κ2) is 8.27. The molecule has 28 heavy (non-hydrogen) atoms. The number of halogens is 2. The number of pyridine rings is 1. The minimum absolute atomic E-state index is 0.0289. The van der Waals surface area contributed by atoms with Crippen molar-refractivity contribution < 1.29 is 21.6 Å². The molecule has 0 bridgehead atoms. The Bertz CT molecular complexity index is 1020. The number of hydrogen-bond donors (Lipinski definition) is 0. The van der Waals surface area contributed by atoms with E-state index >= 15 is 0 Å². The summed E-state index contributed by atoms with van der Waals surface area (Å²) in [6.45, 7) is 3.40. The number of alkyl halides is 2. The molecule has 0 amide bonds. The average Bonchev–Trinajstić information content (AvgIpc) is 3.35. The lowest BCUT2D eigenvalue weighted by Gasteiger charge is -2.26. The fraction of sp³-hybridized carbons (Fsp3) is 0.375. The van der Waals surface area contributed by atoms with Crippen molar-refractivity contribution in [3.8, 4) is 10.8 Å². The Hall–Kier alpha value is -2.47. The average molecular weight is 429 g/mol. The third-order valence-corrected chi connectivity index (χ3v) is 7.27. The molecule has 0 saturated heterocycles. The largest absolute Gasteiger partial charge is 0.414 e. The van der Waals surface area contributed by atoms with Crippen molar-refractivity contribution >= 4 is 27.0 Å². The van der Waals surface area contributed by atoms with Gasteiger partial charge in [-0.2, -0.15) is 8.78 Å². The van der Waals surface area contributed by atoms with Crippen LogP contribution in [0.3, 0.4) is 0 Å². The van der Waals surface area contributed by atoms with Crippen LogP contribution in [0.4, 0.5) is 14.5 Å². The van der Waals surface area contributed by atoms with Gasteiger partial charge in [-0.25, -0.2) is 13.4 Å². The van der Waals surface area contributed by atoms with Crippen LogP contribution in [0.15, 0.2) is 35.1 Å². The predicted molar refractivity (Wildman–Crippen MR) is 99.5 cm³/mol. The third kappa shape index (κ3) is 4.17. The quantitative estimate of drug-likeness (QED) is 0.538. The SMILES string of the molecule is CC[C@@H](C)S(=O)(=O)N(Cc1ncc(-c2nnc(C(F)F)o2)s1)c1cccnc1. The van der Waals surface area contributed by atoms with Crippen LogP contribution in [0.2, 0.25) is 0 Å². The van der Waals surface area contributed by atoms with Crippen LogP contribution in [0.1, 0.15) is 37.6 Å². The zero-order valence-corrected chi connectivity index (χ0v) is 16.6. The lowest BCUT2D eigenvalue weighted by atomic mass is 10.4. The van der Waals surface area contributed by atoms with Crippen LogP contribution in [-0.4, -0.2) is 33.8 Å². The third-order valence-electron chi connectivity index (χ3n) is 4.00. The molecule has 0 aliphatic carbocycles. The number of sulfonamides is 1. The number of nitrogens with zero attached hydrogens (tertiary/aromatic N) is 5. The molecule has 1 atom stereocenters. The van der Waals surface area contributed by atoms with E-state index in [0.717, 1.165) is 11.3 Å². The van der Waals surface area contributed by atoms with Gasteiger partial charge in [0.05, 0.1) is 29.9 Å². The number of thiazole rings is 1. The van der Waals surface area contributed by atoms with E-state index in [4.69, 9.17) is 4.42 Å². The fourth-order valence-electron chi connectivity index (χ4n) is 2.28. The van der Waals surface area contributed by atoms with Gasteiger partial charge in [0.2, 0.25) is 10.0 Å². The highest BCUT2D eigenvalue weighted by atomic mass is 32.2. The summed E-state index contributed by atoms with van der Waals surface area (Å²) in [5, 5.41) is 6.71. The Morgan fingerprint density at radius 2 is 2.07 bits per heavy atom. The first-order valence-electron chi connectivity index (χ1n) is 8.31. The maximum absolute atomic E-state index is 13.0. The Morgan fingerprint density at radius 3 is 2.68 bits per heavy atom. The van der Waals surface area contributed by atoms with Gasteiger partial charge >= 0.3 is 6.43 Å². The van der Waals surface area contributed by atoms with Crippen LogP contribution in [0.25, 0.3) is 10.8 Å². The molecule has 3 heterocycles. The summed E-state index contributed by atoms with van der Waals surface area (Å²) in [5.41, 5.74) is 0.414. The van der Waals surface area contributed by atoms with Gasteiger partial charge in [-0.05, 0) is 25.5 Å². The molecule has 12 heteroatoms. The number of aromatic nitrogens is 4. The molecule has 0 unspecified atom stereocenters. The standard InChI is InChI=1S/C16H17F2N5O3S2/c1-3-10(2)28(24,25)23(11-5-4-6-19-7-11)9-13-20-8-12(27-13)15-21-22-16(26-15)14(17)18/h4-8,10,14H,3,9H2,1-2H3/t10-/m1/s1. The Morgan fingerprint density at radius 1 is 1.29 bits per heavy atom. The Kier molecular flexibility index (Phi) is 5.98. The molecule has 0 radical (unpaired) electrons. The fourth-order valence-corrected chi connectivity index (χ4v) is 4.75. The second-order valence-electron chi connectivity index (χ2n) is 5.85. The molecule has 0 aromatic carbocycles. The number of hydrogen-bond acceptors (Lipinski definition) is 8. The maximum Gasteiger partial charge on any atom is 0.314 e. The van der Waals surface area contributed by atoms with Gasteiger partial charge in [0.25, 0.3) is 11.8 Å². The zero-order valence-electron chi connectivity index (χ0n) is 15.0. The van der Waals surface area contributed by atoms with Crippen molar-refractivity contribution in [3.05, 3.63) is 41.6 Å². The summed E-state index contributed by atoms with van der Waals surface area (Å²) in [5.74, 6) is -0.863. The molecule has 150 valence electrons. The molecular weight excluding hydrogens is 412 g/mol. The molecule has 0 fully saturated rings. The van der Waals surface area contributed by atoms with E-state index in [1.807, 2.05) is 0 Å². The van der Waals surface area contributed by atoms with Gasteiger partial charge in [0.15, 0.2) is 0 Å². The van der Waals surface area contributed by atoms with E-state index in [1.165, 1.54) is 16.7 Å². The Balaban J connectivity index is 1.90. The van der Waals surface area contributed by atoms with Crippen molar-refractivity contribution in [3.63, 3.8) is 0 Å². The Labute approximate surface area is 164 Å². The summed E-state index contributed by atoms with van der Waals surface area (Å²) >= 11 is 1.09. The first-order chi connectivity index (χ1) is 13.3. The van der Waals surface area contributed by atoms with Crippen LogP contribution in [0, 0.1) is 0 Å². The molecule has 8 nitrogen and oxygen atoms in total. The summed E-state index contributed by atoms with van der Waals surface area (Å²) in [7, 11) is -3.66. The number of anilines is 1.